The highest BCUT2D eigenvalue weighted by molar-refractivity contribution is 5.43. The second kappa shape index (κ2) is 3.70. The highest BCUT2D eigenvalue weighted by Crippen LogP contribution is 2.38. The molecule has 2 aliphatic heterocycles. The first-order valence-corrected chi connectivity index (χ1v) is 6.00. The average Bonchev–Trinajstić information content (AvgIpc) is 2.51. The summed E-state index contributed by atoms with van der Waals surface area (Å²) in [6.45, 7) is 1.92. The summed E-state index contributed by atoms with van der Waals surface area (Å²) in [7, 11) is 0. The van der Waals surface area contributed by atoms with E-state index in [9.17, 15) is 5.11 Å². The third-order valence-corrected chi connectivity index (χ3v) is 3.73. The fraction of sp³-hybridized carbons (Fsp3) is 0.667. The molecule has 4 nitrogen and oxygen atoms in total. The van der Waals surface area contributed by atoms with Crippen LogP contribution in [-0.2, 0) is 0 Å². The Morgan fingerprint density at radius 3 is 2.62 bits per heavy atom. The molecule has 0 spiro atoms. The quantitative estimate of drug-likeness (QED) is 0.773. The van der Waals surface area contributed by atoms with E-state index >= 15 is 0 Å². The summed E-state index contributed by atoms with van der Waals surface area (Å²) < 4.78 is 0. The molecule has 0 radical (unpaired) electrons. The van der Waals surface area contributed by atoms with Crippen LogP contribution in [0.25, 0.3) is 0 Å². The summed E-state index contributed by atoms with van der Waals surface area (Å²) in [5.74, 6) is 1.86. The Labute approximate surface area is 95.3 Å². The van der Waals surface area contributed by atoms with Crippen LogP contribution in [0, 0.1) is 6.92 Å². The number of rotatable bonds is 1. The lowest BCUT2D eigenvalue weighted by molar-refractivity contribution is 0.126. The molecule has 4 heteroatoms. The van der Waals surface area contributed by atoms with Crippen molar-refractivity contribution in [1.82, 2.24) is 9.97 Å². The Balaban J connectivity index is 1.91. The lowest BCUT2D eigenvalue weighted by Crippen LogP contribution is -2.45. The van der Waals surface area contributed by atoms with E-state index in [1.807, 2.05) is 19.2 Å². The van der Waals surface area contributed by atoms with Crippen molar-refractivity contribution in [3.05, 3.63) is 18.1 Å². The first kappa shape index (κ1) is 10.0. The molecule has 0 aliphatic carbocycles. The fourth-order valence-corrected chi connectivity index (χ4v) is 3.11. The minimum atomic E-state index is -0.114. The zero-order valence-electron chi connectivity index (χ0n) is 9.50. The number of hydrogen-bond donors (Lipinski definition) is 1. The molecular weight excluding hydrogens is 202 g/mol. The number of piperidine rings is 1. The van der Waals surface area contributed by atoms with Crippen LogP contribution in [-0.4, -0.2) is 33.3 Å². The zero-order chi connectivity index (χ0) is 11.1. The Morgan fingerprint density at radius 2 is 2.00 bits per heavy atom. The van der Waals surface area contributed by atoms with Crippen molar-refractivity contribution in [3.63, 3.8) is 0 Å². The van der Waals surface area contributed by atoms with E-state index in [1.54, 1.807) is 0 Å². The van der Waals surface area contributed by atoms with E-state index < -0.39 is 0 Å². The standard InChI is InChI=1S/C12H17N3O/c1-8-13-5-4-12(14-8)15-9-2-3-10(15)7-11(16)6-9/h4-5,9-11,16H,2-3,6-7H2,1H3. The number of hydrogen-bond acceptors (Lipinski definition) is 4. The topological polar surface area (TPSA) is 49.2 Å². The number of aliphatic hydroxyl groups is 1. The molecule has 2 atom stereocenters. The summed E-state index contributed by atoms with van der Waals surface area (Å²) >= 11 is 0. The minimum Gasteiger partial charge on any atom is -0.393 e. The lowest BCUT2D eigenvalue weighted by Gasteiger charge is -2.38. The van der Waals surface area contributed by atoms with Crippen molar-refractivity contribution in [1.29, 1.82) is 0 Å². The number of anilines is 1. The minimum absolute atomic E-state index is 0.114. The Bertz CT molecular complexity index is 382. The van der Waals surface area contributed by atoms with Gasteiger partial charge in [0, 0.05) is 18.3 Å². The van der Waals surface area contributed by atoms with Gasteiger partial charge in [-0.3, -0.25) is 0 Å². The third kappa shape index (κ3) is 1.57. The van der Waals surface area contributed by atoms with Crippen LogP contribution in [0.15, 0.2) is 12.3 Å². The van der Waals surface area contributed by atoms with Gasteiger partial charge in [0.1, 0.15) is 11.6 Å². The van der Waals surface area contributed by atoms with Crippen molar-refractivity contribution in [2.24, 2.45) is 0 Å². The number of aromatic nitrogens is 2. The molecule has 2 saturated heterocycles. The van der Waals surface area contributed by atoms with Crippen molar-refractivity contribution in [3.8, 4) is 0 Å². The lowest BCUT2D eigenvalue weighted by atomic mass is 10.00. The molecule has 2 aliphatic rings. The Hall–Kier alpha value is -1.16. The largest absolute Gasteiger partial charge is 0.393 e. The predicted octanol–water partition coefficient (Wildman–Crippen LogP) is 1.28. The van der Waals surface area contributed by atoms with E-state index in [4.69, 9.17) is 0 Å². The first-order valence-electron chi connectivity index (χ1n) is 6.00. The maximum absolute atomic E-state index is 9.75. The van der Waals surface area contributed by atoms with Gasteiger partial charge in [-0.25, -0.2) is 9.97 Å². The monoisotopic (exact) mass is 219 g/mol. The van der Waals surface area contributed by atoms with Crippen LogP contribution in [0.3, 0.4) is 0 Å². The van der Waals surface area contributed by atoms with Crippen molar-refractivity contribution in [2.75, 3.05) is 4.90 Å². The number of aliphatic hydroxyl groups excluding tert-OH is 1. The Morgan fingerprint density at radius 1 is 1.31 bits per heavy atom. The molecule has 1 N–H and O–H groups in total. The molecular formula is C12H17N3O. The van der Waals surface area contributed by atoms with Gasteiger partial charge < -0.3 is 10.0 Å². The second-order valence-electron chi connectivity index (χ2n) is 4.88. The van der Waals surface area contributed by atoms with Crippen LogP contribution < -0.4 is 4.90 Å². The van der Waals surface area contributed by atoms with Crippen LogP contribution in [0.5, 0.6) is 0 Å². The molecule has 3 heterocycles. The predicted molar refractivity (Wildman–Crippen MR) is 61.3 cm³/mol. The molecule has 0 aromatic carbocycles. The third-order valence-electron chi connectivity index (χ3n) is 3.73. The van der Waals surface area contributed by atoms with Crippen molar-refractivity contribution >= 4 is 5.82 Å². The van der Waals surface area contributed by atoms with Gasteiger partial charge in [-0.05, 0) is 38.7 Å². The summed E-state index contributed by atoms with van der Waals surface area (Å²) in [5, 5.41) is 9.75. The molecule has 3 rings (SSSR count). The summed E-state index contributed by atoms with van der Waals surface area (Å²) in [5.41, 5.74) is 0. The van der Waals surface area contributed by atoms with E-state index in [0.717, 1.165) is 24.5 Å². The van der Waals surface area contributed by atoms with Crippen molar-refractivity contribution < 1.29 is 5.11 Å². The van der Waals surface area contributed by atoms with E-state index in [2.05, 4.69) is 14.9 Å². The molecule has 1 aromatic heterocycles. The van der Waals surface area contributed by atoms with Crippen LogP contribution >= 0.6 is 0 Å². The summed E-state index contributed by atoms with van der Waals surface area (Å²) in [4.78, 5) is 11.0. The molecule has 0 amide bonds. The van der Waals surface area contributed by atoms with Crippen LogP contribution in [0.2, 0.25) is 0 Å². The number of aryl methyl sites for hydroxylation is 1. The van der Waals surface area contributed by atoms with Gasteiger partial charge in [-0.2, -0.15) is 0 Å². The number of nitrogens with zero attached hydrogens (tertiary/aromatic N) is 3. The van der Waals surface area contributed by atoms with E-state index in [0.29, 0.717) is 12.1 Å². The average molecular weight is 219 g/mol. The smallest absolute Gasteiger partial charge is 0.132 e. The van der Waals surface area contributed by atoms with Gasteiger partial charge in [0.15, 0.2) is 0 Å². The zero-order valence-corrected chi connectivity index (χ0v) is 9.50. The molecule has 2 unspecified atom stereocenters. The molecule has 16 heavy (non-hydrogen) atoms. The van der Waals surface area contributed by atoms with Crippen LogP contribution in [0.4, 0.5) is 5.82 Å². The summed E-state index contributed by atoms with van der Waals surface area (Å²) in [6, 6.07) is 2.93. The molecule has 86 valence electrons. The van der Waals surface area contributed by atoms with Gasteiger partial charge in [0.25, 0.3) is 0 Å². The van der Waals surface area contributed by atoms with Gasteiger partial charge in [-0.15, -0.1) is 0 Å². The Kier molecular flexibility index (Phi) is 2.32. The first-order chi connectivity index (χ1) is 7.74. The second-order valence-corrected chi connectivity index (χ2v) is 4.88. The highest BCUT2D eigenvalue weighted by Gasteiger charge is 2.40. The number of fused-ring (bicyclic) bond motifs is 2. The molecule has 1 aromatic rings. The van der Waals surface area contributed by atoms with E-state index in [-0.39, 0.29) is 6.10 Å². The van der Waals surface area contributed by atoms with Gasteiger partial charge in [0.05, 0.1) is 6.10 Å². The normalized spacial score (nSPS) is 33.1. The van der Waals surface area contributed by atoms with Gasteiger partial charge in [0.2, 0.25) is 0 Å². The van der Waals surface area contributed by atoms with E-state index in [1.165, 1.54) is 12.8 Å². The molecule has 2 fully saturated rings. The highest BCUT2D eigenvalue weighted by atomic mass is 16.3. The maximum atomic E-state index is 9.75. The van der Waals surface area contributed by atoms with Gasteiger partial charge in [-0.1, -0.05) is 0 Å². The molecule has 0 saturated carbocycles. The molecule has 2 bridgehead atoms. The van der Waals surface area contributed by atoms with Crippen LogP contribution in [0.1, 0.15) is 31.5 Å². The van der Waals surface area contributed by atoms with Crippen molar-refractivity contribution in [2.45, 2.75) is 50.8 Å². The van der Waals surface area contributed by atoms with Gasteiger partial charge >= 0.3 is 0 Å². The maximum Gasteiger partial charge on any atom is 0.132 e. The fourth-order valence-electron chi connectivity index (χ4n) is 3.11. The SMILES string of the molecule is Cc1nccc(N2C3CCC2CC(O)C3)n1. The summed E-state index contributed by atoms with van der Waals surface area (Å²) in [6.07, 6.45) is 5.85.